The first-order chi connectivity index (χ1) is 16.7. The normalized spacial score (nSPS) is 19.9. The Bertz CT molecular complexity index is 1010. The van der Waals surface area contributed by atoms with E-state index in [9.17, 15) is 14.3 Å². The van der Waals surface area contributed by atoms with Gasteiger partial charge in [0.2, 0.25) is 0 Å². The van der Waals surface area contributed by atoms with Gasteiger partial charge < -0.3 is 20.2 Å². The SMILES string of the molecule is Cc1cc(Cl)ccc1OC1CCN(CC2CCN([C@@](C)(Cc3ccc(F)cc3)C(=O)O)CC2)CC1.O. The van der Waals surface area contributed by atoms with Crippen LogP contribution < -0.4 is 4.74 Å². The minimum absolute atomic E-state index is 0. The predicted octanol–water partition coefficient (Wildman–Crippen LogP) is 4.60. The van der Waals surface area contributed by atoms with E-state index in [0.29, 0.717) is 12.3 Å². The fourth-order valence-corrected chi connectivity index (χ4v) is 5.66. The second-order valence-corrected chi connectivity index (χ2v) is 10.8. The number of nitrogens with zero attached hydrogens (tertiary/aromatic N) is 2. The molecule has 198 valence electrons. The Morgan fingerprint density at radius 1 is 1.08 bits per heavy atom. The van der Waals surface area contributed by atoms with Gasteiger partial charge in [-0.1, -0.05) is 23.7 Å². The Balaban J connectivity index is 0.00000361. The predicted molar refractivity (Wildman–Crippen MR) is 140 cm³/mol. The molecule has 6 nitrogen and oxygen atoms in total. The lowest BCUT2D eigenvalue weighted by atomic mass is 9.86. The van der Waals surface area contributed by atoms with Gasteiger partial charge in [0, 0.05) is 31.1 Å². The molecule has 0 aromatic heterocycles. The average Bonchev–Trinajstić information content (AvgIpc) is 2.84. The fraction of sp³-hybridized carbons (Fsp3) is 0.536. The smallest absolute Gasteiger partial charge is 0.324 e. The molecule has 2 aliphatic heterocycles. The highest BCUT2D eigenvalue weighted by molar-refractivity contribution is 6.30. The van der Waals surface area contributed by atoms with Crippen LogP contribution in [0.2, 0.25) is 5.02 Å². The van der Waals surface area contributed by atoms with Crippen molar-refractivity contribution in [1.82, 2.24) is 9.80 Å². The zero-order chi connectivity index (χ0) is 25.0. The lowest BCUT2D eigenvalue weighted by Crippen LogP contribution is -2.57. The standard InChI is InChI=1S/C28H36ClFN2O3.H2O/c1-20-17-23(29)5-8-26(20)35-25-11-13-31(14-12-25)19-22-9-15-32(16-10-22)28(2,27(33)34)18-21-3-6-24(30)7-4-21;/h3-8,17,22,25H,9-16,18-19H2,1-2H3,(H,33,34);1H2/t28-;/m0./s1. The van der Waals surface area contributed by atoms with Crippen LogP contribution in [-0.2, 0) is 11.2 Å². The number of halogens is 2. The van der Waals surface area contributed by atoms with E-state index in [-0.39, 0.29) is 17.4 Å². The van der Waals surface area contributed by atoms with Gasteiger partial charge in [0.15, 0.2) is 0 Å². The summed E-state index contributed by atoms with van der Waals surface area (Å²) >= 11 is 6.06. The molecule has 2 saturated heterocycles. The summed E-state index contributed by atoms with van der Waals surface area (Å²) < 4.78 is 19.5. The van der Waals surface area contributed by atoms with Crippen molar-refractivity contribution < 1.29 is 24.5 Å². The van der Waals surface area contributed by atoms with E-state index in [1.165, 1.54) is 12.1 Å². The van der Waals surface area contributed by atoms with Gasteiger partial charge in [-0.05, 0) is 100.0 Å². The second-order valence-electron chi connectivity index (χ2n) is 10.3. The van der Waals surface area contributed by atoms with Gasteiger partial charge in [0.1, 0.15) is 23.2 Å². The zero-order valence-electron chi connectivity index (χ0n) is 21.2. The van der Waals surface area contributed by atoms with Crippen molar-refractivity contribution in [1.29, 1.82) is 0 Å². The van der Waals surface area contributed by atoms with E-state index < -0.39 is 11.5 Å². The molecule has 8 heteroatoms. The molecule has 0 saturated carbocycles. The molecule has 2 fully saturated rings. The van der Waals surface area contributed by atoms with Gasteiger partial charge in [-0.25, -0.2) is 4.39 Å². The van der Waals surface area contributed by atoms with Crippen molar-refractivity contribution in [3.63, 3.8) is 0 Å². The van der Waals surface area contributed by atoms with E-state index >= 15 is 0 Å². The summed E-state index contributed by atoms with van der Waals surface area (Å²) in [5, 5.41) is 10.8. The van der Waals surface area contributed by atoms with Crippen molar-refractivity contribution in [2.24, 2.45) is 5.92 Å². The second kappa shape index (κ2) is 12.4. The Morgan fingerprint density at radius 3 is 2.31 bits per heavy atom. The van der Waals surface area contributed by atoms with Crippen LogP contribution in [0.4, 0.5) is 4.39 Å². The maximum absolute atomic E-state index is 13.3. The number of aliphatic carboxylic acids is 1. The van der Waals surface area contributed by atoms with Gasteiger partial charge in [-0.3, -0.25) is 9.69 Å². The van der Waals surface area contributed by atoms with Crippen molar-refractivity contribution >= 4 is 17.6 Å². The number of benzene rings is 2. The molecule has 0 unspecified atom stereocenters. The van der Waals surface area contributed by atoms with E-state index in [1.54, 1.807) is 19.1 Å². The van der Waals surface area contributed by atoms with Crippen LogP contribution in [0.1, 0.15) is 43.7 Å². The zero-order valence-corrected chi connectivity index (χ0v) is 21.9. The van der Waals surface area contributed by atoms with Crippen LogP contribution >= 0.6 is 11.6 Å². The summed E-state index contributed by atoms with van der Waals surface area (Å²) in [6, 6.07) is 11.9. The number of piperidine rings is 2. The van der Waals surface area contributed by atoms with Crippen LogP contribution in [0.5, 0.6) is 5.75 Å². The average molecular weight is 521 g/mol. The van der Waals surface area contributed by atoms with E-state index in [4.69, 9.17) is 16.3 Å². The third-order valence-electron chi connectivity index (χ3n) is 7.72. The monoisotopic (exact) mass is 520 g/mol. The molecule has 2 heterocycles. The minimum atomic E-state index is -0.988. The van der Waals surface area contributed by atoms with Crippen LogP contribution in [-0.4, -0.2) is 70.7 Å². The van der Waals surface area contributed by atoms with Crippen LogP contribution in [0.15, 0.2) is 42.5 Å². The molecule has 36 heavy (non-hydrogen) atoms. The summed E-state index contributed by atoms with van der Waals surface area (Å²) in [4.78, 5) is 16.9. The number of hydrogen-bond donors (Lipinski definition) is 1. The molecule has 2 aromatic rings. The molecule has 3 N–H and O–H groups in total. The number of carbonyl (C=O) groups is 1. The van der Waals surface area contributed by atoms with Crippen LogP contribution in [0.25, 0.3) is 0 Å². The molecule has 0 bridgehead atoms. The molecule has 2 aliphatic rings. The van der Waals surface area contributed by atoms with Gasteiger partial charge in [-0.15, -0.1) is 0 Å². The number of ether oxygens (including phenoxy) is 1. The van der Waals surface area contributed by atoms with Crippen molar-refractivity contribution in [3.05, 3.63) is 64.4 Å². The number of aryl methyl sites for hydroxylation is 1. The number of hydrogen-bond acceptors (Lipinski definition) is 4. The van der Waals surface area contributed by atoms with E-state index in [0.717, 1.165) is 80.3 Å². The number of rotatable bonds is 8. The number of likely N-dealkylation sites (tertiary alicyclic amines) is 2. The lowest BCUT2D eigenvalue weighted by Gasteiger charge is -2.43. The summed E-state index contributed by atoms with van der Waals surface area (Å²) in [7, 11) is 0. The first-order valence-electron chi connectivity index (χ1n) is 12.6. The maximum atomic E-state index is 13.3. The van der Waals surface area contributed by atoms with E-state index in [1.807, 2.05) is 25.1 Å². The lowest BCUT2D eigenvalue weighted by molar-refractivity contribution is -0.151. The highest BCUT2D eigenvalue weighted by Crippen LogP contribution is 2.30. The fourth-order valence-electron chi connectivity index (χ4n) is 5.43. The van der Waals surface area contributed by atoms with Crippen LogP contribution in [0, 0.1) is 18.7 Å². The van der Waals surface area contributed by atoms with Gasteiger partial charge in [0.05, 0.1) is 0 Å². The first-order valence-corrected chi connectivity index (χ1v) is 13.0. The van der Waals surface area contributed by atoms with Crippen LogP contribution in [0.3, 0.4) is 0 Å². The number of carboxylic acids is 1. The quantitative estimate of drug-likeness (QED) is 0.549. The molecule has 0 aliphatic carbocycles. The summed E-state index contributed by atoms with van der Waals surface area (Å²) in [6.07, 6.45) is 4.61. The van der Waals surface area contributed by atoms with Crippen molar-refractivity contribution in [2.75, 3.05) is 32.7 Å². The highest BCUT2D eigenvalue weighted by Gasteiger charge is 2.41. The summed E-state index contributed by atoms with van der Waals surface area (Å²) in [5.74, 6) is 0.369. The largest absolute Gasteiger partial charge is 0.490 e. The van der Waals surface area contributed by atoms with Crippen molar-refractivity contribution in [3.8, 4) is 5.75 Å². The Morgan fingerprint density at radius 2 is 1.72 bits per heavy atom. The molecule has 0 amide bonds. The molecular weight excluding hydrogens is 483 g/mol. The molecular formula is C28H38ClFN2O4. The van der Waals surface area contributed by atoms with Gasteiger partial charge >= 0.3 is 5.97 Å². The van der Waals surface area contributed by atoms with Gasteiger partial charge in [-0.2, -0.15) is 0 Å². The molecule has 1 atom stereocenters. The molecule has 0 radical (unpaired) electrons. The maximum Gasteiger partial charge on any atom is 0.324 e. The minimum Gasteiger partial charge on any atom is -0.490 e. The summed E-state index contributed by atoms with van der Waals surface area (Å²) in [6.45, 7) is 8.46. The summed E-state index contributed by atoms with van der Waals surface area (Å²) in [5.41, 5.74) is 0.926. The van der Waals surface area contributed by atoms with E-state index in [2.05, 4.69) is 9.80 Å². The first kappa shape index (κ1) is 28.4. The van der Waals surface area contributed by atoms with Crippen molar-refractivity contribution in [2.45, 2.75) is 57.6 Å². The number of carboxylic acid groups (broad SMARTS) is 1. The third kappa shape index (κ3) is 6.97. The molecule has 4 rings (SSSR count). The molecule has 2 aromatic carbocycles. The Labute approximate surface area is 218 Å². The molecule has 0 spiro atoms. The topological polar surface area (TPSA) is 84.5 Å². The Kier molecular flexibility index (Phi) is 9.75. The Hall–Kier alpha value is -2.19. The third-order valence-corrected chi connectivity index (χ3v) is 7.95. The highest BCUT2D eigenvalue weighted by atomic mass is 35.5. The van der Waals surface area contributed by atoms with Gasteiger partial charge in [0.25, 0.3) is 0 Å².